The Bertz CT molecular complexity index is 191. The summed E-state index contributed by atoms with van der Waals surface area (Å²) in [4.78, 5) is 2.66. The van der Waals surface area contributed by atoms with Crippen LogP contribution < -0.4 is 5.32 Å². The van der Waals surface area contributed by atoms with Crippen molar-refractivity contribution in [2.24, 2.45) is 5.92 Å². The van der Waals surface area contributed by atoms with Crippen LogP contribution in [0.3, 0.4) is 0 Å². The Balaban J connectivity index is 2.64. The van der Waals surface area contributed by atoms with Gasteiger partial charge in [0.2, 0.25) is 0 Å². The lowest BCUT2D eigenvalue weighted by molar-refractivity contribution is 0.154. The Morgan fingerprint density at radius 3 is 2.67 bits per heavy atom. The second-order valence-corrected chi connectivity index (χ2v) is 5.80. The predicted octanol–water partition coefficient (Wildman–Crippen LogP) is 2.49. The lowest BCUT2D eigenvalue weighted by atomic mass is 9.98. The van der Waals surface area contributed by atoms with E-state index >= 15 is 0 Å². The lowest BCUT2D eigenvalue weighted by Crippen LogP contribution is -2.50. The quantitative estimate of drug-likeness (QED) is 0.773. The summed E-state index contributed by atoms with van der Waals surface area (Å²) >= 11 is 0. The van der Waals surface area contributed by atoms with Gasteiger partial charge >= 0.3 is 0 Å². The molecule has 1 rings (SSSR count). The molecule has 2 nitrogen and oxygen atoms in total. The molecule has 90 valence electrons. The third-order valence-corrected chi connectivity index (χ3v) is 3.67. The van der Waals surface area contributed by atoms with E-state index in [1.54, 1.807) is 0 Å². The molecule has 1 saturated heterocycles. The Morgan fingerprint density at radius 1 is 1.47 bits per heavy atom. The van der Waals surface area contributed by atoms with Gasteiger partial charge in [-0.05, 0) is 39.2 Å². The monoisotopic (exact) mass is 212 g/mol. The molecule has 0 aromatic heterocycles. The van der Waals surface area contributed by atoms with E-state index in [-0.39, 0.29) is 0 Å². The van der Waals surface area contributed by atoms with Crippen LogP contribution in [-0.4, -0.2) is 36.1 Å². The van der Waals surface area contributed by atoms with E-state index in [0.29, 0.717) is 5.54 Å². The van der Waals surface area contributed by atoms with Crippen LogP contribution in [0.4, 0.5) is 0 Å². The molecule has 1 heterocycles. The standard InChI is InChI=1S/C13H28N2/c1-6-13(5)10-15(9-11(2)3)12(4)7-8-14-13/h11-12,14H,6-10H2,1-5H3. The summed E-state index contributed by atoms with van der Waals surface area (Å²) in [5.41, 5.74) is 0.319. The minimum atomic E-state index is 0.319. The van der Waals surface area contributed by atoms with Crippen LogP contribution in [0.1, 0.15) is 47.5 Å². The zero-order valence-corrected chi connectivity index (χ0v) is 11.1. The normalized spacial score (nSPS) is 34.4. The van der Waals surface area contributed by atoms with Gasteiger partial charge in [-0.15, -0.1) is 0 Å². The third kappa shape index (κ3) is 3.76. The number of nitrogens with zero attached hydrogens (tertiary/aromatic N) is 1. The zero-order chi connectivity index (χ0) is 11.5. The summed E-state index contributed by atoms with van der Waals surface area (Å²) in [5.74, 6) is 0.770. The van der Waals surface area contributed by atoms with Crippen molar-refractivity contribution in [1.29, 1.82) is 0 Å². The third-order valence-electron chi connectivity index (χ3n) is 3.67. The van der Waals surface area contributed by atoms with Crippen molar-refractivity contribution < 1.29 is 0 Å². The van der Waals surface area contributed by atoms with Crippen LogP contribution in [0.2, 0.25) is 0 Å². The van der Waals surface area contributed by atoms with Crippen molar-refractivity contribution in [3.63, 3.8) is 0 Å². The highest BCUT2D eigenvalue weighted by molar-refractivity contribution is 4.90. The summed E-state index contributed by atoms with van der Waals surface area (Å²) in [6.45, 7) is 15.2. The number of hydrogen-bond donors (Lipinski definition) is 1. The van der Waals surface area contributed by atoms with Crippen molar-refractivity contribution in [3.05, 3.63) is 0 Å². The fourth-order valence-corrected chi connectivity index (χ4v) is 2.38. The van der Waals surface area contributed by atoms with Gasteiger partial charge in [0.25, 0.3) is 0 Å². The molecule has 1 aliphatic heterocycles. The molecule has 1 aliphatic rings. The second-order valence-electron chi connectivity index (χ2n) is 5.80. The SMILES string of the molecule is CCC1(C)CN(CC(C)C)C(C)CCN1. The number of hydrogen-bond acceptors (Lipinski definition) is 2. The van der Waals surface area contributed by atoms with E-state index in [4.69, 9.17) is 0 Å². The molecule has 0 radical (unpaired) electrons. The molecule has 0 spiro atoms. The highest BCUT2D eigenvalue weighted by atomic mass is 15.2. The molecule has 15 heavy (non-hydrogen) atoms. The molecule has 1 fully saturated rings. The van der Waals surface area contributed by atoms with Gasteiger partial charge < -0.3 is 5.32 Å². The van der Waals surface area contributed by atoms with E-state index in [1.165, 1.54) is 32.5 Å². The van der Waals surface area contributed by atoms with Crippen molar-refractivity contribution in [2.75, 3.05) is 19.6 Å². The molecule has 2 heteroatoms. The Morgan fingerprint density at radius 2 is 2.13 bits per heavy atom. The Hall–Kier alpha value is -0.0800. The van der Waals surface area contributed by atoms with Crippen molar-refractivity contribution in [2.45, 2.75) is 59.0 Å². The van der Waals surface area contributed by atoms with E-state index in [1.807, 2.05) is 0 Å². The first-order valence-electron chi connectivity index (χ1n) is 6.46. The molecule has 1 N–H and O–H groups in total. The maximum atomic E-state index is 3.70. The average molecular weight is 212 g/mol. The van der Waals surface area contributed by atoms with Gasteiger partial charge in [-0.1, -0.05) is 20.8 Å². The minimum absolute atomic E-state index is 0.319. The average Bonchev–Trinajstić information content (AvgIpc) is 2.27. The summed E-state index contributed by atoms with van der Waals surface area (Å²) in [7, 11) is 0. The molecule has 0 aromatic carbocycles. The van der Waals surface area contributed by atoms with Crippen LogP contribution in [0.15, 0.2) is 0 Å². The molecular weight excluding hydrogens is 184 g/mol. The van der Waals surface area contributed by atoms with Crippen molar-refractivity contribution >= 4 is 0 Å². The summed E-state index contributed by atoms with van der Waals surface area (Å²) < 4.78 is 0. The van der Waals surface area contributed by atoms with Crippen LogP contribution in [-0.2, 0) is 0 Å². The molecule has 2 atom stereocenters. The lowest BCUT2D eigenvalue weighted by Gasteiger charge is -2.35. The molecule has 0 aliphatic carbocycles. The Labute approximate surface area is 95.4 Å². The predicted molar refractivity (Wildman–Crippen MR) is 67.2 cm³/mol. The molecule has 0 bridgehead atoms. The number of rotatable bonds is 3. The van der Waals surface area contributed by atoms with Gasteiger partial charge in [0.1, 0.15) is 0 Å². The van der Waals surface area contributed by atoms with Gasteiger partial charge in [-0.2, -0.15) is 0 Å². The first-order chi connectivity index (χ1) is 6.97. The largest absolute Gasteiger partial charge is 0.310 e. The Kier molecular flexibility index (Phi) is 4.60. The van der Waals surface area contributed by atoms with Crippen LogP contribution in [0, 0.1) is 5.92 Å². The fraction of sp³-hybridized carbons (Fsp3) is 1.00. The zero-order valence-electron chi connectivity index (χ0n) is 11.1. The van der Waals surface area contributed by atoms with Crippen LogP contribution in [0.25, 0.3) is 0 Å². The molecule has 2 unspecified atom stereocenters. The van der Waals surface area contributed by atoms with E-state index in [9.17, 15) is 0 Å². The highest BCUT2D eigenvalue weighted by Gasteiger charge is 2.30. The number of nitrogens with one attached hydrogen (secondary N) is 1. The van der Waals surface area contributed by atoms with Gasteiger partial charge in [-0.25, -0.2) is 0 Å². The highest BCUT2D eigenvalue weighted by Crippen LogP contribution is 2.19. The van der Waals surface area contributed by atoms with E-state index in [0.717, 1.165) is 12.0 Å². The molecule has 0 amide bonds. The summed E-state index contributed by atoms with van der Waals surface area (Å²) in [6, 6.07) is 0.730. The van der Waals surface area contributed by atoms with Crippen molar-refractivity contribution in [3.8, 4) is 0 Å². The van der Waals surface area contributed by atoms with E-state index < -0.39 is 0 Å². The topological polar surface area (TPSA) is 15.3 Å². The second kappa shape index (κ2) is 5.31. The minimum Gasteiger partial charge on any atom is -0.310 e. The van der Waals surface area contributed by atoms with Crippen LogP contribution >= 0.6 is 0 Å². The molecule has 0 saturated carbocycles. The maximum Gasteiger partial charge on any atom is 0.0277 e. The summed E-state index contributed by atoms with van der Waals surface area (Å²) in [6.07, 6.45) is 2.50. The van der Waals surface area contributed by atoms with Gasteiger partial charge in [-0.3, -0.25) is 4.90 Å². The first-order valence-corrected chi connectivity index (χ1v) is 6.46. The maximum absolute atomic E-state index is 3.70. The van der Waals surface area contributed by atoms with Crippen molar-refractivity contribution in [1.82, 2.24) is 10.2 Å². The summed E-state index contributed by atoms with van der Waals surface area (Å²) in [5, 5.41) is 3.70. The fourth-order valence-electron chi connectivity index (χ4n) is 2.38. The van der Waals surface area contributed by atoms with Gasteiger partial charge in [0.05, 0.1) is 0 Å². The molecule has 0 aromatic rings. The van der Waals surface area contributed by atoms with Gasteiger partial charge in [0, 0.05) is 24.7 Å². The molecular formula is C13H28N2. The van der Waals surface area contributed by atoms with E-state index in [2.05, 4.69) is 44.8 Å². The van der Waals surface area contributed by atoms with Gasteiger partial charge in [0.15, 0.2) is 0 Å². The van der Waals surface area contributed by atoms with Crippen LogP contribution in [0.5, 0.6) is 0 Å². The smallest absolute Gasteiger partial charge is 0.0277 e. The first kappa shape index (κ1) is 13.0.